The summed E-state index contributed by atoms with van der Waals surface area (Å²) in [4.78, 5) is 9.73. The van der Waals surface area contributed by atoms with Crippen molar-refractivity contribution in [3.8, 4) is 10.7 Å². The summed E-state index contributed by atoms with van der Waals surface area (Å²) in [5.74, 6) is 1.64. The van der Waals surface area contributed by atoms with Crippen molar-refractivity contribution in [1.82, 2.24) is 9.97 Å². The van der Waals surface area contributed by atoms with Gasteiger partial charge in [0.1, 0.15) is 5.82 Å². The van der Waals surface area contributed by atoms with Crippen molar-refractivity contribution < 1.29 is 0 Å². The van der Waals surface area contributed by atoms with Gasteiger partial charge in [-0.3, -0.25) is 0 Å². The molecule has 78 valence electrons. The Balaban J connectivity index is 2.32. The van der Waals surface area contributed by atoms with Crippen LogP contribution in [0.2, 0.25) is 0 Å². The zero-order chi connectivity index (χ0) is 10.7. The van der Waals surface area contributed by atoms with Gasteiger partial charge >= 0.3 is 0 Å². The highest BCUT2D eigenvalue weighted by molar-refractivity contribution is 9.11. The third kappa shape index (κ3) is 2.54. The fourth-order valence-electron chi connectivity index (χ4n) is 1.19. The highest BCUT2D eigenvalue weighted by Gasteiger charge is 2.04. The van der Waals surface area contributed by atoms with Crippen LogP contribution in [0.3, 0.4) is 0 Å². The van der Waals surface area contributed by atoms with Crippen molar-refractivity contribution in [1.29, 1.82) is 0 Å². The van der Waals surface area contributed by atoms with Gasteiger partial charge in [0.15, 0.2) is 5.82 Å². The summed E-state index contributed by atoms with van der Waals surface area (Å²) >= 11 is 5.06. The van der Waals surface area contributed by atoms with Gasteiger partial charge in [-0.25, -0.2) is 9.97 Å². The molecule has 0 aromatic carbocycles. The topological polar surface area (TPSA) is 37.8 Å². The summed E-state index contributed by atoms with van der Waals surface area (Å²) in [6.45, 7) is 2.91. The zero-order valence-corrected chi connectivity index (χ0v) is 10.6. The van der Waals surface area contributed by atoms with E-state index in [9.17, 15) is 0 Å². The molecule has 0 aliphatic heterocycles. The highest BCUT2D eigenvalue weighted by atomic mass is 79.9. The molecular formula is C10H10BrN3S. The van der Waals surface area contributed by atoms with Gasteiger partial charge in [-0.2, -0.15) is 0 Å². The predicted molar refractivity (Wildman–Crippen MR) is 67.2 cm³/mol. The molecule has 0 atom stereocenters. The zero-order valence-electron chi connectivity index (χ0n) is 8.20. The molecule has 0 amide bonds. The number of halogens is 1. The van der Waals surface area contributed by atoms with E-state index in [0.29, 0.717) is 0 Å². The molecule has 0 bridgehead atoms. The number of aromatic nitrogens is 2. The van der Waals surface area contributed by atoms with Crippen LogP contribution in [0.15, 0.2) is 28.2 Å². The average Bonchev–Trinajstić information content (AvgIpc) is 2.66. The van der Waals surface area contributed by atoms with E-state index in [2.05, 4.69) is 31.2 Å². The first kappa shape index (κ1) is 10.6. The molecule has 3 nitrogen and oxygen atoms in total. The Morgan fingerprint density at radius 2 is 2.27 bits per heavy atom. The molecule has 2 rings (SSSR count). The Labute approximate surface area is 101 Å². The van der Waals surface area contributed by atoms with Crippen LogP contribution in [0.25, 0.3) is 10.7 Å². The average molecular weight is 284 g/mol. The normalized spacial score (nSPS) is 10.3. The number of nitrogens with one attached hydrogen (secondary N) is 1. The van der Waals surface area contributed by atoms with Gasteiger partial charge in [0.25, 0.3) is 0 Å². The Hall–Kier alpha value is -0.940. The number of hydrogen-bond acceptors (Lipinski definition) is 4. The quantitative estimate of drug-likeness (QED) is 0.938. The first-order valence-corrected chi connectivity index (χ1v) is 6.23. The van der Waals surface area contributed by atoms with Crippen LogP contribution in [0, 0.1) is 0 Å². The smallest absolute Gasteiger partial charge is 0.171 e. The van der Waals surface area contributed by atoms with Crippen LogP contribution < -0.4 is 5.32 Å². The fraction of sp³-hybridized carbons (Fsp3) is 0.200. The van der Waals surface area contributed by atoms with E-state index in [4.69, 9.17) is 0 Å². The van der Waals surface area contributed by atoms with Gasteiger partial charge in [0, 0.05) is 12.7 Å². The Morgan fingerprint density at radius 1 is 1.40 bits per heavy atom. The molecule has 0 saturated heterocycles. The molecule has 5 heteroatoms. The van der Waals surface area contributed by atoms with Crippen LogP contribution in [0.5, 0.6) is 0 Å². The van der Waals surface area contributed by atoms with E-state index in [1.165, 1.54) is 0 Å². The second kappa shape index (κ2) is 4.72. The van der Waals surface area contributed by atoms with E-state index in [0.717, 1.165) is 26.9 Å². The third-order valence-corrected chi connectivity index (χ3v) is 3.43. The summed E-state index contributed by atoms with van der Waals surface area (Å²) in [6, 6.07) is 5.89. The van der Waals surface area contributed by atoms with Crippen LogP contribution in [-0.4, -0.2) is 16.5 Å². The fourth-order valence-corrected chi connectivity index (χ4v) is 2.52. The molecule has 0 radical (unpaired) electrons. The number of nitrogens with zero attached hydrogens (tertiary/aromatic N) is 2. The van der Waals surface area contributed by atoms with Crippen molar-refractivity contribution in [2.45, 2.75) is 6.92 Å². The molecule has 0 aliphatic rings. The summed E-state index contributed by atoms with van der Waals surface area (Å²) in [7, 11) is 0. The Morgan fingerprint density at radius 3 is 2.93 bits per heavy atom. The van der Waals surface area contributed by atoms with Gasteiger partial charge < -0.3 is 5.32 Å². The lowest BCUT2D eigenvalue weighted by atomic mass is 10.4. The summed E-state index contributed by atoms with van der Waals surface area (Å²) < 4.78 is 1.09. The third-order valence-electron chi connectivity index (χ3n) is 1.81. The Kier molecular flexibility index (Phi) is 3.33. The van der Waals surface area contributed by atoms with Crippen LogP contribution >= 0.6 is 27.3 Å². The number of rotatable bonds is 3. The van der Waals surface area contributed by atoms with Crippen LogP contribution in [0.4, 0.5) is 5.82 Å². The molecule has 1 N–H and O–H groups in total. The van der Waals surface area contributed by atoms with Crippen molar-refractivity contribution >= 4 is 33.1 Å². The molecule has 0 fully saturated rings. The maximum Gasteiger partial charge on any atom is 0.171 e. The van der Waals surface area contributed by atoms with Crippen molar-refractivity contribution in [3.63, 3.8) is 0 Å². The van der Waals surface area contributed by atoms with Crippen molar-refractivity contribution in [2.24, 2.45) is 0 Å². The van der Waals surface area contributed by atoms with Crippen LogP contribution in [0.1, 0.15) is 6.92 Å². The monoisotopic (exact) mass is 283 g/mol. The predicted octanol–water partition coefficient (Wildman–Crippen LogP) is 3.40. The number of thiophene rings is 1. The number of anilines is 1. The lowest BCUT2D eigenvalue weighted by molar-refractivity contribution is 1.12. The van der Waals surface area contributed by atoms with Gasteiger partial charge in [0.2, 0.25) is 0 Å². The summed E-state index contributed by atoms with van der Waals surface area (Å²) in [5, 5.41) is 3.17. The molecule has 2 heterocycles. The first-order valence-electron chi connectivity index (χ1n) is 4.62. The second-order valence-electron chi connectivity index (χ2n) is 2.90. The summed E-state index contributed by atoms with van der Waals surface area (Å²) in [6.07, 6.45) is 1.77. The minimum atomic E-state index is 0.768. The SMILES string of the molecule is CCNc1ccnc(-c2ccc(Br)s2)n1. The van der Waals surface area contributed by atoms with Crippen molar-refractivity contribution in [3.05, 3.63) is 28.2 Å². The van der Waals surface area contributed by atoms with Crippen LogP contribution in [-0.2, 0) is 0 Å². The lowest BCUT2D eigenvalue weighted by Gasteiger charge is -2.02. The van der Waals surface area contributed by atoms with E-state index < -0.39 is 0 Å². The Bertz CT molecular complexity index is 455. The van der Waals surface area contributed by atoms with E-state index >= 15 is 0 Å². The molecule has 0 spiro atoms. The molecule has 15 heavy (non-hydrogen) atoms. The first-order chi connectivity index (χ1) is 7.29. The maximum absolute atomic E-state index is 4.41. The minimum Gasteiger partial charge on any atom is -0.370 e. The van der Waals surface area contributed by atoms with Gasteiger partial charge in [-0.05, 0) is 41.1 Å². The maximum atomic E-state index is 4.41. The highest BCUT2D eigenvalue weighted by Crippen LogP contribution is 2.29. The molecule has 0 unspecified atom stereocenters. The molecule has 0 aliphatic carbocycles. The number of hydrogen-bond donors (Lipinski definition) is 1. The molecule has 0 saturated carbocycles. The molecule has 2 aromatic rings. The standard InChI is InChI=1S/C10H10BrN3S/c1-2-12-9-5-6-13-10(14-9)7-3-4-8(11)15-7/h3-6H,2H2,1H3,(H,12,13,14). The van der Waals surface area contributed by atoms with E-state index in [1.54, 1.807) is 17.5 Å². The second-order valence-corrected chi connectivity index (χ2v) is 5.36. The van der Waals surface area contributed by atoms with E-state index in [-0.39, 0.29) is 0 Å². The van der Waals surface area contributed by atoms with Gasteiger partial charge in [0.05, 0.1) is 8.66 Å². The van der Waals surface area contributed by atoms with Gasteiger partial charge in [-0.15, -0.1) is 11.3 Å². The van der Waals surface area contributed by atoms with E-state index in [1.807, 2.05) is 25.1 Å². The van der Waals surface area contributed by atoms with Gasteiger partial charge in [-0.1, -0.05) is 0 Å². The molecule has 2 aromatic heterocycles. The largest absolute Gasteiger partial charge is 0.370 e. The minimum absolute atomic E-state index is 0.768. The van der Waals surface area contributed by atoms with Crippen molar-refractivity contribution in [2.75, 3.05) is 11.9 Å². The summed E-state index contributed by atoms with van der Waals surface area (Å²) in [5.41, 5.74) is 0. The molecular weight excluding hydrogens is 274 g/mol. The lowest BCUT2D eigenvalue weighted by Crippen LogP contribution is -2.00.